The Morgan fingerprint density at radius 1 is 1.33 bits per heavy atom. The zero-order chi connectivity index (χ0) is 15.2. The highest BCUT2D eigenvalue weighted by molar-refractivity contribution is 7.09. The number of hydrogen-bond donors (Lipinski definition) is 3. The lowest BCUT2D eigenvalue weighted by Crippen LogP contribution is -2.33. The van der Waals surface area contributed by atoms with Crippen LogP contribution in [0.2, 0.25) is 0 Å². The normalized spacial score (nSPS) is 11.9. The highest BCUT2D eigenvalue weighted by atomic mass is 32.1. The van der Waals surface area contributed by atoms with E-state index in [1.165, 1.54) is 16.7 Å². The van der Waals surface area contributed by atoms with Crippen LogP contribution in [-0.2, 0) is 11.3 Å². The molecule has 2 rings (SSSR count). The van der Waals surface area contributed by atoms with E-state index >= 15 is 0 Å². The number of carbonyl (C=O) groups excluding carboxylic acids is 1. The average Bonchev–Trinajstić information content (AvgIpc) is 2.96. The maximum Gasteiger partial charge on any atom is 0.355 e. The van der Waals surface area contributed by atoms with Crippen LogP contribution in [0.1, 0.15) is 27.0 Å². The number of rotatable bonds is 6. The number of carboxylic acid groups (broad SMARTS) is 1. The summed E-state index contributed by atoms with van der Waals surface area (Å²) >= 11 is 1.20. The fraction of sp³-hybridized carbons (Fsp3) is 0.214. The zero-order valence-electron chi connectivity index (χ0n) is 11.2. The van der Waals surface area contributed by atoms with E-state index in [0.717, 1.165) is 5.56 Å². The number of nitrogens with zero attached hydrogens (tertiary/aromatic N) is 1. The maximum atomic E-state index is 12.2. The minimum atomic E-state index is -1.08. The molecule has 0 radical (unpaired) electrons. The SMILES string of the molecule is NCC(C(=O)NCc1nc(C(=O)O)cs1)c1ccccc1. The van der Waals surface area contributed by atoms with Crippen molar-refractivity contribution in [1.29, 1.82) is 0 Å². The maximum absolute atomic E-state index is 12.2. The summed E-state index contributed by atoms with van der Waals surface area (Å²) in [5.41, 5.74) is 6.51. The van der Waals surface area contributed by atoms with Crippen LogP contribution in [0.5, 0.6) is 0 Å². The zero-order valence-corrected chi connectivity index (χ0v) is 12.0. The van der Waals surface area contributed by atoms with E-state index in [-0.39, 0.29) is 24.7 Å². The topological polar surface area (TPSA) is 105 Å². The first-order valence-electron chi connectivity index (χ1n) is 6.32. The molecular weight excluding hydrogens is 290 g/mol. The van der Waals surface area contributed by atoms with E-state index in [0.29, 0.717) is 5.01 Å². The van der Waals surface area contributed by atoms with Crippen molar-refractivity contribution in [2.75, 3.05) is 6.54 Å². The monoisotopic (exact) mass is 305 g/mol. The van der Waals surface area contributed by atoms with Crippen molar-refractivity contribution in [3.8, 4) is 0 Å². The van der Waals surface area contributed by atoms with Gasteiger partial charge in [-0.15, -0.1) is 11.3 Å². The number of aromatic carboxylic acids is 1. The molecule has 0 saturated carbocycles. The Morgan fingerprint density at radius 2 is 2.05 bits per heavy atom. The molecule has 1 unspecified atom stereocenters. The van der Waals surface area contributed by atoms with E-state index in [9.17, 15) is 9.59 Å². The van der Waals surface area contributed by atoms with Crippen LogP contribution < -0.4 is 11.1 Å². The summed E-state index contributed by atoms with van der Waals surface area (Å²) in [4.78, 5) is 26.8. The van der Waals surface area contributed by atoms with Gasteiger partial charge in [0.2, 0.25) is 5.91 Å². The molecule has 0 spiro atoms. The second-order valence-corrected chi connectivity index (χ2v) is 5.29. The first-order valence-corrected chi connectivity index (χ1v) is 7.20. The van der Waals surface area contributed by atoms with Crippen LogP contribution in [0.15, 0.2) is 35.7 Å². The molecule has 1 aromatic heterocycles. The van der Waals surface area contributed by atoms with E-state index < -0.39 is 11.9 Å². The van der Waals surface area contributed by atoms with Crippen molar-refractivity contribution in [2.45, 2.75) is 12.5 Å². The van der Waals surface area contributed by atoms with Crippen LogP contribution in [0.25, 0.3) is 0 Å². The molecule has 110 valence electrons. The molecule has 0 fully saturated rings. The summed E-state index contributed by atoms with van der Waals surface area (Å²) in [7, 11) is 0. The molecule has 0 bridgehead atoms. The smallest absolute Gasteiger partial charge is 0.355 e. The minimum Gasteiger partial charge on any atom is -0.476 e. The highest BCUT2D eigenvalue weighted by Crippen LogP contribution is 2.15. The van der Waals surface area contributed by atoms with Gasteiger partial charge >= 0.3 is 5.97 Å². The summed E-state index contributed by atoms with van der Waals surface area (Å²) in [6.45, 7) is 0.397. The van der Waals surface area contributed by atoms with Gasteiger partial charge in [-0.1, -0.05) is 30.3 Å². The van der Waals surface area contributed by atoms with Gasteiger partial charge in [0, 0.05) is 11.9 Å². The molecule has 1 heterocycles. The Balaban J connectivity index is 1.98. The fourth-order valence-electron chi connectivity index (χ4n) is 1.86. The van der Waals surface area contributed by atoms with Gasteiger partial charge in [0.15, 0.2) is 5.69 Å². The van der Waals surface area contributed by atoms with Gasteiger partial charge < -0.3 is 16.2 Å². The van der Waals surface area contributed by atoms with Crippen molar-refractivity contribution >= 4 is 23.2 Å². The molecule has 4 N–H and O–H groups in total. The summed E-state index contributed by atoms with van der Waals surface area (Å²) in [6.07, 6.45) is 0. The Bertz CT molecular complexity index is 627. The van der Waals surface area contributed by atoms with Gasteiger partial charge in [-0.2, -0.15) is 0 Å². The van der Waals surface area contributed by atoms with Crippen LogP contribution >= 0.6 is 11.3 Å². The minimum absolute atomic E-state index is 0.0114. The molecule has 6 nitrogen and oxygen atoms in total. The van der Waals surface area contributed by atoms with Crippen molar-refractivity contribution in [3.05, 3.63) is 52.0 Å². The molecule has 0 aliphatic carbocycles. The lowest BCUT2D eigenvalue weighted by atomic mass is 9.98. The van der Waals surface area contributed by atoms with E-state index in [4.69, 9.17) is 10.8 Å². The van der Waals surface area contributed by atoms with Gasteiger partial charge in [0.25, 0.3) is 0 Å². The van der Waals surface area contributed by atoms with E-state index in [1.807, 2.05) is 30.3 Å². The largest absolute Gasteiger partial charge is 0.476 e. The summed E-state index contributed by atoms with van der Waals surface area (Å²) < 4.78 is 0. The van der Waals surface area contributed by atoms with Gasteiger partial charge in [-0.3, -0.25) is 4.79 Å². The van der Waals surface area contributed by atoms with Gasteiger partial charge in [-0.25, -0.2) is 9.78 Å². The Hall–Kier alpha value is -2.25. The molecule has 0 aliphatic rings. The first-order chi connectivity index (χ1) is 10.1. The van der Waals surface area contributed by atoms with Crippen molar-refractivity contribution < 1.29 is 14.7 Å². The Kier molecular flexibility index (Phi) is 5.02. The average molecular weight is 305 g/mol. The van der Waals surface area contributed by atoms with Crippen molar-refractivity contribution in [1.82, 2.24) is 10.3 Å². The third-order valence-electron chi connectivity index (χ3n) is 2.94. The molecule has 21 heavy (non-hydrogen) atoms. The molecule has 1 atom stereocenters. The Labute approximate surface area is 125 Å². The predicted molar refractivity (Wildman–Crippen MR) is 79.2 cm³/mol. The van der Waals surface area contributed by atoms with E-state index in [1.54, 1.807) is 0 Å². The quantitative estimate of drug-likeness (QED) is 0.743. The standard InChI is InChI=1S/C14H15N3O3S/c15-6-10(9-4-2-1-3-5-9)13(18)16-7-12-17-11(8-21-12)14(19)20/h1-5,8,10H,6-7,15H2,(H,16,18)(H,19,20). The summed E-state index contributed by atoms with van der Waals surface area (Å²) in [5.74, 6) is -1.70. The molecule has 1 aromatic carbocycles. The van der Waals surface area contributed by atoms with Crippen molar-refractivity contribution in [2.24, 2.45) is 5.73 Å². The number of aromatic nitrogens is 1. The van der Waals surface area contributed by atoms with Gasteiger partial charge in [0.1, 0.15) is 5.01 Å². The highest BCUT2D eigenvalue weighted by Gasteiger charge is 2.19. The number of benzene rings is 1. The van der Waals surface area contributed by atoms with Crippen LogP contribution in [0.3, 0.4) is 0 Å². The second kappa shape index (κ2) is 6.96. The third kappa shape index (κ3) is 3.87. The molecular formula is C14H15N3O3S. The van der Waals surface area contributed by atoms with Gasteiger partial charge in [-0.05, 0) is 5.56 Å². The molecule has 0 saturated heterocycles. The molecule has 2 aromatic rings. The first kappa shape index (κ1) is 15.1. The lowest BCUT2D eigenvalue weighted by molar-refractivity contribution is -0.122. The number of thiazole rings is 1. The number of carbonyl (C=O) groups is 2. The number of nitrogens with one attached hydrogen (secondary N) is 1. The third-order valence-corrected chi connectivity index (χ3v) is 3.79. The second-order valence-electron chi connectivity index (χ2n) is 4.35. The molecule has 7 heteroatoms. The number of carboxylic acids is 1. The Morgan fingerprint density at radius 3 is 2.62 bits per heavy atom. The summed E-state index contributed by atoms with van der Waals surface area (Å²) in [5, 5.41) is 13.5. The fourth-order valence-corrected chi connectivity index (χ4v) is 2.56. The summed E-state index contributed by atoms with van der Waals surface area (Å²) in [6, 6.07) is 9.28. The van der Waals surface area contributed by atoms with Crippen molar-refractivity contribution in [3.63, 3.8) is 0 Å². The van der Waals surface area contributed by atoms with Crippen LogP contribution in [-0.4, -0.2) is 28.5 Å². The van der Waals surface area contributed by atoms with Gasteiger partial charge in [0.05, 0.1) is 12.5 Å². The molecule has 1 amide bonds. The lowest BCUT2D eigenvalue weighted by Gasteiger charge is -2.14. The number of hydrogen-bond acceptors (Lipinski definition) is 5. The number of amides is 1. The van der Waals surface area contributed by atoms with Crippen LogP contribution in [0.4, 0.5) is 0 Å². The number of nitrogens with two attached hydrogens (primary N) is 1. The molecule has 0 aliphatic heterocycles. The predicted octanol–water partition coefficient (Wildman–Crippen LogP) is 1.20. The van der Waals surface area contributed by atoms with E-state index in [2.05, 4.69) is 10.3 Å². The van der Waals surface area contributed by atoms with Crippen LogP contribution in [0, 0.1) is 0 Å².